The quantitative estimate of drug-likeness (QED) is 0.732. The third-order valence-corrected chi connectivity index (χ3v) is 3.88. The highest BCUT2D eigenvalue weighted by Crippen LogP contribution is 2.31. The van der Waals surface area contributed by atoms with Gasteiger partial charge in [-0.15, -0.1) is 0 Å². The molecular weight excluding hydrogens is 212 g/mol. The van der Waals surface area contributed by atoms with Gasteiger partial charge in [0.1, 0.15) is 5.75 Å². The van der Waals surface area contributed by atoms with E-state index < -0.39 is 0 Å². The molecule has 0 spiro atoms. The Kier molecular flexibility index (Phi) is 4.97. The minimum Gasteiger partial charge on any atom is -0.508 e. The van der Waals surface area contributed by atoms with Crippen molar-refractivity contribution in [3.05, 3.63) is 29.3 Å². The van der Waals surface area contributed by atoms with Crippen molar-refractivity contribution in [2.75, 3.05) is 13.1 Å². The van der Waals surface area contributed by atoms with Crippen LogP contribution in [0.5, 0.6) is 5.75 Å². The van der Waals surface area contributed by atoms with E-state index in [1.165, 1.54) is 5.56 Å². The SMILES string of the molecule is Cc1cc(C(C)C(C)C(CN)CN)ccc1O. The Hall–Kier alpha value is -1.06. The topological polar surface area (TPSA) is 72.3 Å². The van der Waals surface area contributed by atoms with E-state index >= 15 is 0 Å². The summed E-state index contributed by atoms with van der Waals surface area (Å²) in [5.41, 5.74) is 13.6. The Morgan fingerprint density at radius 1 is 1.18 bits per heavy atom. The predicted octanol–water partition coefficient (Wildman–Crippen LogP) is 1.97. The lowest BCUT2D eigenvalue weighted by atomic mass is 9.80. The summed E-state index contributed by atoms with van der Waals surface area (Å²) in [6.07, 6.45) is 0. The van der Waals surface area contributed by atoms with Gasteiger partial charge in [-0.2, -0.15) is 0 Å². The van der Waals surface area contributed by atoms with Crippen LogP contribution < -0.4 is 11.5 Å². The molecule has 5 N–H and O–H groups in total. The Balaban J connectivity index is 2.87. The van der Waals surface area contributed by atoms with Crippen LogP contribution in [0.1, 0.15) is 30.9 Å². The molecule has 3 heteroatoms. The number of benzene rings is 1. The summed E-state index contributed by atoms with van der Waals surface area (Å²) in [4.78, 5) is 0. The van der Waals surface area contributed by atoms with E-state index in [9.17, 15) is 5.11 Å². The maximum absolute atomic E-state index is 9.53. The Labute approximate surface area is 104 Å². The number of phenolic OH excluding ortho intramolecular Hbond substituents is 1. The number of phenols is 1. The Morgan fingerprint density at radius 3 is 2.24 bits per heavy atom. The highest BCUT2D eigenvalue weighted by atomic mass is 16.3. The summed E-state index contributed by atoms with van der Waals surface area (Å²) in [6, 6.07) is 5.78. The van der Waals surface area contributed by atoms with Crippen LogP contribution in [0.4, 0.5) is 0 Å². The van der Waals surface area contributed by atoms with Gasteiger partial charge in [0.25, 0.3) is 0 Å². The molecule has 2 unspecified atom stereocenters. The van der Waals surface area contributed by atoms with Gasteiger partial charge in [-0.3, -0.25) is 0 Å². The number of aromatic hydroxyl groups is 1. The molecule has 0 radical (unpaired) electrons. The zero-order valence-electron chi connectivity index (χ0n) is 11.0. The van der Waals surface area contributed by atoms with Crippen LogP contribution in [0.25, 0.3) is 0 Å². The minimum atomic E-state index is 0.346. The molecule has 0 aliphatic carbocycles. The standard InChI is InChI=1S/C14H24N2O/c1-9-6-12(4-5-14(9)17)10(2)11(3)13(7-15)8-16/h4-6,10-11,13,17H,7-8,15-16H2,1-3H3. The molecule has 0 aliphatic heterocycles. The zero-order valence-corrected chi connectivity index (χ0v) is 11.0. The van der Waals surface area contributed by atoms with Gasteiger partial charge in [0.2, 0.25) is 0 Å². The molecule has 0 bridgehead atoms. The molecule has 1 aromatic rings. The first-order valence-electron chi connectivity index (χ1n) is 6.20. The second-order valence-electron chi connectivity index (χ2n) is 4.93. The number of nitrogens with two attached hydrogens (primary N) is 2. The van der Waals surface area contributed by atoms with E-state index in [0.29, 0.717) is 36.6 Å². The van der Waals surface area contributed by atoms with Crippen molar-refractivity contribution in [2.24, 2.45) is 23.3 Å². The molecule has 3 nitrogen and oxygen atoms in total. The summed E-state index contributed by atoms with van der Waals surface area (Å²) >= 11 is 0. The normalized spacial score (nSPS) is 14.9. The molecule has 17 heavy (non-hydrogen) atoms. The average molecular weight is 236 g/mol. The van der Waals surface area contributed by atoms with Crippen LogP contribution in [-0.4, -0.2) is 18.2 Å². The molecule has 1 aromatic carbocycles. The first-order valence-corrected chi connectivity index (χ1v) is 6.20. The second kappa shape index (κ2) is 6.03. The fourth-order valence-electron chi connectivity index (χ4n) is 2.20. The molecule has 0 saturated heterocycles. The Bertz CT molecular complexity index is 361. The van der Waals surface area contributed by atoms with E-state index in [2.05, 4.69) is 13.8 Å². The number of rotatable bonds is 5. The van der Waals surface area contributed by atoms with Crippen LogP contribution in [0.15, 0.2) is 18.2 Å². The third-order valence-electron chi connectivity index (χ3n) is 3.88. The molecule has 2 atom stereocenters. The molecule has 0 heterocycles. The minimum absolute atomic E-state index is 0.346. The van der Waals surface area contributed by atoms with E-state index in [0.717, 1.165) is 5.56 Å². The van der Waals surface area contributed by atoms with Crippen LogP contribution in [0, 0.1) is 18.8 Å². The fourth-order valence-corrected chi connectivity index (χ4v) is 2.20. The molecule has 1 rings (SSSR count). The molecule has 0 aliphatic rings. The van der Waals surface area contributed by atoms with Crippen molar-refractivity contribution >= 4 is 0 Å². The number of hydrogen-bond donors (Lipinski definition) is 3. The van der Waals surface area contributed by atoms with Crippen molar-refractivity contribution in [3.8, 4) is 5.75 Å². The molecule has 0 saturated carbocycles. The average Bonchev–Trinajstić information content (AvgIpc) is 2.33. The molecule has 0 amide bonds. The smallest absolute Gasteiger partial charge is 0.118 e. The summed E-state index contributed by atoms with van der Waals surface area (Å²) in [5.74, 6) is 1.53. The Morgan fingerprint density at radius 2 is 1.76 bits per heavy atom. The maximum Gasteiger partial charge on any atom is 0.118 e. The lowest BCUT2D eigenvalue weighted by molar-refractivity contribution is 0.328. The first-order chi connectivity index (χ1) is 8.01. The van der Waals surface area contributed by atoms with Gasteiger partial charge in [-0.1, -0.05) is 26.0 Å². The molecule has 96 valence electrons. The number of aryl methyl sites for hydroxylation is 1. The van der Waals surface area contributed by atoms with Crippen molar-refractivity contribution < 1.29 is 5.11 Å². The van der Waals surface area contributed by atoms with Crippen LogP contribution >= 0.6 is 0 Å². The number of hydrogen-bond acceptors (Lipinski definition) is 3. The molecule has 0 fully saturated rings. The largest absolute Gasteiger partial charge is 0.508 e. The van der Waals surface area contributed by atoms with Gasteiger partial charge in [0.15, 0.2) is 0 Å². The predicted molar refractivity (Wildman–Crippen MR) is 72.0 cm³/mol. The van der Waals surface area contributed by atoms with Gasteiger partial charge in [0.05, 0.1) is 0 Å². The highest BCUT2D eigenvalue weighted by Gasteiger charge is 2.22. The summed E-state index contributed by atoms with van der Waals surface area (Å²) in [5, 5.41) is 9.53. The van der Waals surface area contributed by atoms with E-state index in [-0.39, 0.29) is 0 Å². The highest BCUT2D eigenvalue weighted by molar-refractivity contribution is 5.36. The van der Waals surface area contributed by atoms with Crippen molar-refractivity contribution in [1.29, 1.82) is 0 Å². The summed E-state index contributed by atoms with van der Waals surface area (Å²) in [6.45, 7) is 7.55. The van der Waals surface area contributed by atoms with E-state index in [4.69, 9.17) is 11.5 Å². The van der Waals surface area contributed by atoms with Gasteiger partial charge < -0.3 is 16.6 Å². The zero-order chi connectivity index (χ0) is 13.0. The van der Waals surface area contributed by atoms with Gasteiger partial charge in [0, 0.05) is 0 Å². The first kappa shape index (κ1) is 14.0. The van der Waals surface area contributed by atoms with Crippen molar-refractivity contribution in [2.45, 2.75) is 26.7 Å². The maximum atomic E-state index is 9.53. The van der Waals surface area contributed by atoms with Gasteiger partial charge in [-0.05, 0) is 55.0 Å². The lowest BCUT2D eigenvalue weighted by Crippen LogP contribution is -2.31. The second-order valence-corrected chi connectivity index (χ2v) is 4.93. The van der Waals surface area contributed by atoms with E-state index in [1.807, 2.05) is 19.1 Å². The van der Waals surface area contributed by atoms with Crippen LogP contribution in [0.3, 0.4) is 0 Å². The van der Waals surface area contributed by atoms with E-state index in [1.54, 1.807) is 6.07 Å². The summed E-state index contributed by atoms with van der Waals surface area (Å²) < 4.78 is 0. The molecule has 0 aromatic heterocycles. The third kappa shape index (κ3) is 3.20. The fraction of sp³-hybridized carbons (Fsp3) is 0.571. The van der Waals surface area contributed by atoms with Gasteiger partial charge >= 0.3 is 0 Å². The van der Waals surface area contributed by atoms with Crippen molar-refractivity contribution in [1.82, 2.24) is 0 Å². The van der Waals surface area contributed by atoms with Crippen LogP contribution in [-0.2, 0) is 0 Å². The monoisotopic (exact) mass is 236 g/mol. The summed E-state index contributed by atoms with van der Waals surface area (Å²) in [7, 11) is 0. The lowest BCUT2D eigenvalue weighted by Gasteiger charge is -2.27. The van der Waals surface area contributed by atoms with Crippen LogP contribution in [0.2, 0.25) is 0 Å². The van der Waals surface area contributed by atoms with Crippen molar-refractivity contribution in [3.63, 3.8) is 0 Å². The van der Waals surface area contributed by atoms with Gasteiger partial charge in [-0.25, -0.2) is 0 Å². The molecular formula is C14H24N2O.